The third kappa shape index (κ3) is 5.96. The van der Waals surface area contributed by atoms with E-state index in [-0.39, 0.29) is 24.1 Å². The first kappa shape index (κ1) is 15.8. The molecule has 1 rings (SSSR count). The number of hydrogen-bond acceptors (Lipinski definition) is 4. The van der Waals surface area contributed by atoms with Gasteiger partial charge in [0, 0.05) is 18.2 Å². The Kier molecular flexibility index (Phi) is 6.69. The van der Waals surface area contributed by atoms with Crippen LogP contribution in [0.2, 0.25) is 0 Å². The molecule has 1 aliphatic rings. The zero-order chi connectivity index (χ0) is 14.3. The van der Waals surface area contributed by atoms with Gasteiger partial charge in [0.15, 0.2) is 0 Å². The zero-order valence-corrected chi connectivity index (χ0v) is 11.6. The van der Waals surface area contributed by atoms with Crippen LogP contribution in [0.25, 0.3) is 0 Å². The SMILES string of the molecule is NC(=O)CSCCC(=O)NC1CCCCC1C(=O)O. The first-order valence-corrected chi connectivity index (χ1v) is 7.54. The van der Waals surface area contributed by atoms with Crippen LogP contribution in [0.5, 0.6) is 0 Å². The van der Waals surface area contributed by atoms with Gasteiger partial charge < -0.3 is 16.2 Å². The van der Waals surface area contributed by atoms with Crippen LogP contribution in [-0.2, 0) is 14.4 Å². The van der Waals surface area contributed by atoms with Crippen LogP contribution >= 0.6 is 11.8 Å². The third-order valence-electron chi connectivity index (χ3n) is 3.15. The van der Waals surface area contributed by atoms with Crippen molar-refractivity contribution in [1.82, 2.24) is 5.32 Å². The number of rotatable bonds is 7. The predicted molar refractivity (Wildman–Crippen MR) is 72.7 cm³/mol. The summed E-state index contributed by atoms with van der Waals surface area (Å²) in [4.78, 5) is 33.3. The maximum Gasteiger partial charge on any atom is 0.308 e. The van der Waals surface area contributed by atoms with E-state index < -0.39 is 17.8 Å². The second kappa shape index (κ2) is 8.04. The molecule has 4 N–H and O–H groups in total. The molecule has 0 heterocycles. The highest BCUT2D eigenvalue weighted by atomic mass is 32.2. The number of nitrogens with two attached hydrogens (primary N) is 1. The second-order valence-corrected chi connectivity index (χ2v) is 5.78. The molecule has 7 heteroatoms. The van der Waals surface area contributed by atoms with Crippen molar-refractivity contribution in [3.63, 3.8) is 0 Å². The smallest absolute Gasteiger partial charge is 0.308 e. The molecule has 0 radical (unpaired) electrons. The van der Waals surface area contributed by atoms with Crippen molar-refractivity contribution < 1.29 is 19.5 Å². The van der Waals surface area contributed by atoms with Gasteiger partial charge in [0.1, 0.15) is 0 Å². The van der Waals surface area contributed by atoms with Crippen LogP contribution in [0.3, 0.4) is 0 Å². The van der Waals surface area contributed by atoms with Gasteiger partial charge in [-0.1, -0.05) is 12.8 Å². The van der Waals surface area contributed by atoms with E-state index >= 15 is 0 Å². The molecule has 0 aromatic heterocycles. The monoisotopic (exact) mass is 288 g/mol. The number of thioether (sulfide) groups is 1. The Morgan fingerprint density at radius 1 is 1.26 bits per heavy atom. The van der Waals surface area contributed by atoms with E-state index in [2.05, 4.69) is 5.32 Å². The fourth-order valence-electron chi connectivity index (χ4n) is 2.22. The lowest BCUT2D eigenvalue weighted by Gasteiger charge is -2.29. The fourth-order valence-corrected chi connectivity index (χ4v) is 2.89. The summed E-state index contributed by atoms with van der Waals surface area (Å²) in [5, 5.41) is 11.9. The Morgan fingerprint density at radius 3 is 2.58 bits per heavy atom. The zero-order valence-electron chi connectivity index (χ0n) is 10.8. The number of aliphatic carboxylic acids is 1. The van der Waals surface area contributed by atoms with E-state index in [1.165, 1.54) is 11.8 Å². The van der Waals surface area contributed by atoms with E-state index in [0.29, 0.717) is 12.2 Å². The lowest BCUT2D eigenvalue weighted by atomic mass is 9.84. The molecule has 1 aliphatic carbocycles. The number of carboxylic acid groups (broad SMARTS) is 1. The number of nitrogens with one attached hydrogen (secondary N) is 1. The Labute approximate surface area is 116 Å². The van der Waals surface area contributed by atoms with E-state index in [1.807, 2.05) is 0 Å². The molecule has 1 saturated carbocycles. The van der Waals surface area contributed by atoms with Gasteiger partial charge in [0.2, 0.25) is 11.8 Å². The minimum absolute atomic E-state index is 0.157. The Hall–Kier alpha value is -1.24. The summed E-state index contributed by atoms with van der Waals surface area (Å²) >= 11 is 1.31. The van der Waals surface area contributed by atoms with Crippen LogP contribution < -0.4 is 11.1 Å². The number of carboxylic acids is 1. The van der Waals surface area contributed by atoms with Crippen molar-refractivity contribution in [1.29, 1.82) is 0 Å². The van der Waals surface area contributed by atoms with Crippen molar-refractivity contribution in [2.24, 2.45) is 11.7 Å². The molecule has 2 atom stereocenters. The minimum Gasteiger partial charge on any atom is -0.481 e. The van der Waals surface area contributed by atoms with Gasteiger partial charge in [-0.05, 0) is 12.8 Å². The molecule has 6 nitrogen and oxygen atoms in total. The maximum absolute atomic E-state index is 11.7. The molecule has 1 fully saturated rings. The van der Waals surface area contributed by atoms with Crippen molar-refractivity contribution in [2.45, 2.75) is 38.1 Å². The molecule has 2 unspecified atom stereocenters. The maximum atomic E-state index is 11.7. The van der Waals surface area contributed by atoms with E-state index in [4.69, 9.17) is 10.8 Å². The summed E-state index contributed by atoms with van der Waals surface area (Å²) in [5.41, 5.74) is 4.98. The molecule has 19 heavy (non-hydrogen) atoms. The molecular formula is C12H20N2O4S. The minimum atomic E-state index is -0.840. The van der Waals surface area contributed by atoms with Gasteiger partial charge in [0.25, 0.3) is 0 Å². The molecule has 0 bridgehead atoms. The lowest BCUT2D eigenvalue weighted by Crippen LogP contribution is -2.45. The van der Waals surface area contributed by atoms with Crippen LogP contribution in [0.15, 0.2) is 0 Å². The summed E-state index contributed by atoms with van der Waals surface area (Å²) in [6.07, 6.45) is 3.47. The quantitative estimate of drug-likeness (QED) is 0.586. The Morgan fingerprint density at radius 2 is 1.95 bits per heavy atom. The van der Waals surface area contributed by atoms with E-state index in [9.17, 15) is 14.4 Å². The Balaban J connectivity index is 2.29. The van der Waals surface area contributed by atoms with Gasteiger partial charge in [-0.2, -0.15) is 11.8 Å². The van der Waals surface area contributed by atoms with Gasteiger partial charge >= 0.3 is 5.97 Å². The summed E-state index contributed by atoms with van der Waals surface area (Å²) in [7, 11) is 0. The molecule has 0 aromatic rings. The topological polar surface area (TPSA) is 109 Å². The van der Waals surface area contributed by atoms with Crippen molar-refractivity contribution in [3.05, 3.63) is 0 Å². The fraction of sp³-hybridized carbons (Fsp3) is 0.750. The molecule has 0 aromatic carbocycles. The molecule has 0 spiro atoms. The van der Waals surface area contributed by atoms with Crippen LogP contribution in [0.1, 0.15) is 32.1 Å². The summed E-state index contributed by atoms with van der Waals surface area (Å²) in [6.45, 7) is 0. The molecule has 108 valence electrons. The second-order valence-electron chi connectivity index (χ2n) is 4.67. The highest BCUT2D eigenvalue weighted by Crippen LogP contribution is 2.24. The average molecular weight is 288 g/mol. The number of carbonyl (C=O) groups is 3. The number of amides is 2. The van der Waals surface area contributed by atoms with E-state index in [1.54, 1.807) is 0 Å². The first-order valence-electron chi connectivity index (χ1n) is 6.39. The molecule has 0 saturated heterocycles. The van der Waals surface area contributed by atoms with Gasteiger partial charge in [-0.3, -0.25) is 14.4 Å². The summed E-state index contributed by atoms with van der Waals surface area (Å²) < 4.78 is 0. The van der Waals surface area contributed by atoms with Crippen molar-refractivity contribution in [2.75, 3.05) is 11.5 Å². The first-order chi connectivity index (χ1) is 9.00. The standard InChI is InChI=1S/C12H20N2O4S/c13-10(15)7-19-6-5-11(16)14-9-4-2-1-3-8(9)12(17)18/h8-9H,1-7H2,(H2,13,15)(H,14,16)(H,17,18). The van der Waals surface area contributed by atoms with Crippen LogP contribution in [0.4, 0.5) is 0 Å². The number of carbonyl (C=O) groups excluding carboxylic acids is 2. The average Bonchev–Trinajstić information content (AvgIpc) is 2.35. The summed E-state index contributed by atoms with van der Waals surface area (Å²) in [6, 6.07) is -0.264. The molecular weight excluding hydrogens is 268 g/mol. The van der Waals surface area contributed by atoms with Crippen molar-refractivity contribution in [3.8, 4) is 0 Å². The highest BCUT2D eigenvalue weighted by molar-refractivity contribution is 7.99. The van der Waals surface area contributed by atoms with Gasteiger partial charge in [0.05, 0.1) is 11.7 Å². The van der Waals surface area contributed by atoms with Gasteiger partial charge in [-0.15, -0.1) is 0 Å². The summed E-state index contributed by atoms with van der Waals surface area (Å²) in [5.74, 6) is -1.16. The normalized spacial score (nSPS) is 22.7. The number of primary amides is 1. The van der Waals surface area contributed by atoms with E-state index in [0.717, 1.165) is 19.3 Å². The van der Waals surface area contributed by atoms with Crippen LogP contribution in [0, 0.1) is 5.92 Å². The lowest BCUT2D eigenvalue weighted by molar-refractivity contribution is -0.144. The predicted octanol–water partition coefficient (Wildman–Crippen LogP) is 0.355. The molecule has 2 amide bonds. The largest absolute Gasteiger partial charge is 0.481 e. The van der Waals surface area contributed by atoms with Crippen LogP contribution in [-0.4, -0.2) is 40.4 Å². The highest BCUT2D eigenvalue weighted by Gasteiger charge is 2.31. The number of hydrogen-bond donors (Lipinski definition) is 3. The third-order valence-corrected chi connectivity index (χ3v) is 4.13. The Bertz CT molecular complexity index is 349. The molecule has 0 aliphatic heterocycles. The van der Waals surface area contributed by atoms with Crippen molar-refractivity contribution >= 4 is 29.5 Å². The van der Waals surface area contributed by atoms with Gasteiger partial charge in [-0.25, -0.2) is 0 Å².